The topological polar surface area (TPSA) is 71.0 Å². The fourth-order valence-corrected chi connectivity index (χ4v) is 4.90. The molecule has 0 spiro atoms. The first-order valence-corrected chi connectivity index (χ1v) is 11.9. The first kappa shape index (κ1) is 20.6. The highest BCUT2D eigenvalue weighted by Crippen LogP contribution is 2.30. The van der Waals surface area contributed by atoms with Crippen molar-refractivity contribution < 1.29 is 4.79 Å². The number of pyridine rings is 1. The first-order valence-electron chi connectivity index (χ1n) is 11.0. The Hall–Kier alpha value is -3.32. The summed E-state index contributed by atoms with van der Waals surface area (Å²) >= 11 is 1.73. The third kappa shape index (κ3) is 4.48. The van der Waals surface area contributed by atoms with Crippen molar-refractivity contribution in [3.63, 3.8) is 0 Å². The molecule has 3 aromatic heterocycles. The molecule has 1 aliphatic rings. The second kappa shape index (κ2) is 9.44. The summed E-state index contributed by atoms with van der Waals surface area (Å²) < 4.78 is 0. The highest BCUT2D eigenvalue weighted by atomic mass is 32.1. The second-order valence-corrected chi connectivity index (χ2v) is 9.04. The van der Waals surface area contributed by atoms with Crippen LogP contribution >= 0.6 is 11.3 Å². The molecule has 1 N–H and O–H groups in total. The Morgan fingerprint density at radius 2 is 1.94 bits per heavy atom. The third-order valence-electron chi connectivity index (χ3n) is 5.92. The predicted molar refractivity (Wildman–Crippen MR) is 129 cm³/mol. The zero-order valence-electron chi connectivity index (χ0n) is 17.8. The lowest BCUT2D eigenvalue weighted by Gasteiger charge is -2.33. The van der Waals surface area contributed by atoms with Gasteiger partial charge in [0.15, 0.2) is 5.82 Å². The number of hydrogen-bond acceptors (Lipinski definition) is 6. The molecule has 0 aliphatic carbocycles. The highest BCUT2D eigenvalue weighted by molar-refractivity contribution is 7.09. The fraction of sp³-hybridized carbons (Fsp3) is 0.280. The van der Waals surface area contributed by atoms with Gasteiger partial charge in [-0.1, -0.05) is 18.2 Å². The van der Waals surface area contributed by atoms with Crippen molar-refractivity contribution in [2.75, 3.05) is 24.5 Å². The maximum atomic E-state index is 12.7. The van der Waals surface area contributed by atoms with E-state index in [0.29, 0.717) is 12.4 Å². The second-order valence-electron chi connectivity index (χ2n) is 8.01. The molecule has 6 nitrogen and oxygen atoms in total. The number of para-hydroxylation sites is 1. The lowest BCUT2D eigenvalue weighted by atomic mass is 9.95. The quantitative estimate of drug-likeness (QED) is 0.480. The van der Waals surface area contributed by atoms with E-state index in [1.165, 1.54) is 4.88 Å². The lowest BCUT2D eigenvalue weighted by Crippen LogP contribution is -2.41. The molecule has 1 amide bonds. The van der Waals surface area contributed by atoms with Crippen LogP contribution in [0.25, 0.3) is 22.3 Å². The average Bonchev–Trinajstić information content (AvgIpc) is 3.37. The normalized spacial score (nSPS) is 14.6. The van der Waals surface area contributed by atoms with Crippen LogP contribution in [0.2, 0.25) is 0 Å². The molecule has 1 fully saturated rings. The molecule has 0 radical (unpaired) electrons. The van der Waals surface area contributed by atoms with Crippen molar-refractivity contribution in [1.82, 2.24) is 20.3 Å². The summed E-state index contributed by atoms with van der Waals surface area (Å²) in [5.74, 6) is 1.84. The number of rotatable bonds is 6. The van der Waals surface area contributed by atoms with Crippen LogP contribution < -0.4 is 10.2 Å². The Kier molecular flexibility index (Phi) is 6.07. The minimum atomic E-state index is 0.0560. The number of piperidine rings is 1. The number of amides is 1. The van der Waals surface area contributed by atoms with Gasteiger partial charge < -0.3 is 10.2 Å². The number of nitrogens with one attached hydrogen (secondary N) is 1. The molecule has 0 bridgehead atoms. The third-order valence-corrected chi connectivity index (χ3v) is 6.86. The number of anilines is 1. The Balaban J connectivity index is 1.29. The van der Waals surface area contributed by atoms with Crippen LogP contribution in [0.4, 0.5) is 5.82 Å². The smallest absolute Gasteiger partial charge is 0.223 e. The summed E-state index contributed by atoms with van der Waals surface area (Å²) in [6.45, 7) is 2.30. The van der Waals surface area contributed by atoms with Crippen LogP contribution in [0.5, 0.6) is 0 Å². The van der Waals surface area contributed by atoms with Gasteiger partial charge in [0, 0.05) is 53.8 Å². The summed E-state index contributed by atoms with van der Waals surface area (Å²) in [4.78, 5) is 30.2. The molecule has 7 heteroatoms. The summed E-state index contributed by atoms with van der Waals surface area (Å²) in [5, 5.41) is 6.24. The van der Waals surface area contributed by atoms with E-state index >= 15 is 0 Å². The Bertz CT molecular complexity index is 1190. The van der Waals surface area contributed by atoms with Crippen molar-refractivity contribution in [3.05, 3.63) is 71.2 Å². The van der Waals surface area contributed by atoms with E-state index in [9.17, 15) is 4.79 Å². The number of hydrogen-bond donors (Lipinski definition) is 1. The van der Waals surface area contributed by atoms with Crippen molar-refractivity contribution in [2.24, 2.45) is 5.92 Å². The molecule has 0 saturated carbocycles. The molecule has 162 valence electrons. The Labute approximate surface area is 191 Å². The minimum Gasteiger partial charge on any atom is -0.356 e. The van der Waals surface area contributed by atoms with Crippen LogP contribution in [0.15, 0.2) is 66.3 Å². The molecule has 4 aromatic rings. The number of nitrogens with zero attached hydrogens (tertiary/aromatic N) is 4. The van der Waals surface area contributed by atoms with E-state index in [2.05, 4.69) is 32.7 Å². The minimum absolute atomic E-state index is 0.0560. The van der Waals surface area contributed by atoms with Gasteiger partial charge in [-0.2, -0.15) is 0 Å². The number of carbonyl (C=O) groups is 1. The summed E-state index contributed by atoms with van der Waals surface area (Å²) in [7, 11) is 0. The number of aromatic nitrogens is 3. The van der Waals surface area contributed by atoms with Gasteiger partial charge in [-0.05, 0) is 55.0 Å². The van der Waals surface area contributed by atoms with Gasteiger partial charge in [0.05, 0.1) is 5.52 Å². The molecule has 1 aliphatic heterocycles. The number of thiophene rings is 1. The molecule has 0 atom stereocenters. The SMILES string of the molecule is O=C(NCCc1cccs1)C1CCN(c2nc(-c3cccnc3)nc3ccccc23)CC1. The van der Waals surface area contributed by atoms with Gasteiger partial charge in [0.1, 0.15) is 5.82 Å². The molecule has 0 unspecified atom stereocenters. The summed E-state index contributed by atoms with van der Waals surface area (Å²) in [6.07, 6.45) is 6.09. The average molecular weight is 444 g/mol. The molecular formula is C25H25N5OS. The summed E-state index contributed by atoms with van der Waals surface area (Å²) in [5.41, 5.74) is 1.82. The van der Waals surface area contributed by atoms with Crippen molar-refractivity contribution in [3.8, 4) is 11.4 Å². The maximum absolute atomic E-state index is 12.7. The van der Waals surface area contributed by atoms with Gasteiger partial charge in [-0.3, -0.25) is 9.78 Å². The number of carbonyl (C=O) groups excluding carboxylic acids is 1. The van der Waals surface area contributed by atoms with Crippen LogP contribution in [0.3, 0.4) is 0 Å². The van der Waals surface area contributed by atoms with Gasteiger partial charge in [-0.15, -0.1) is 11.3 Å². The fourth-order valence-electron chi connectivity index (χ4n) is 4.19. The van der Waals surface area contributed by atoms with Crippen LogP contribution in [-0.2, 0) is 11.2 Å². The standard InChI is InChI=1S/C25H25N5OS/c31-25(27-13-9-20-6-4-16-32-20)18-10-14-30(15-11-18)24-21-7-1-2-8-22(21)28-23(29-24)19-5-3-12-26-17-19/h1-8,12,16-18H,9-11,13-15H2,(H,27,31). The predicted octanol–water partition coefficient (Wildman–Crippen LogP) is 4.33. The molecule has 1 aromatic carbocycles. The van der Waals surface area contributed by atoms with E-state index < -0.39 is 0 Å². The Morgan fingerprint density at radius 3 is 2.72 bits per heavy atom. The largest absolute Gasteiger partial charge is 0.356 e. The van der Waals surface area contributed by atoms with Crippen LogP contribution in [0.1, 0.15) is 17.7 Å². The van der Waals surface area contributed by atoms with Crippen molar-refractivity contribution in [1.29, 1.82) is 0 Å². The van der Waals surface area contributed by atoms with E-state index in [4.69, 9.17) is 9.97 Å². The summed E-state index contributed by atoms with van der Waals surface area (Å²) in [6, 6.07) is 16.2. The first-order chi connectivity index (χ1) is 15.8. The van der Waals surface area contributed by atoms with Crippen molar-refractivity contribution in [2.45, 2.75) is 19.3 Å². The molecule has 32 heavy (non-hydrogen) atoms. The van der Waals surface area contributed by atoms with E-state index in [0.717, 1.165) is 54.6 Å². The van der Waals surface area contributed by atoms with Crippen LogP contribution in [-0.4, -0.2) is 40.5 Å². The Morgan fingerprint density at radius 1 is 1.06 bits per heavy atom. The number of fused-ring (bicyclic) bond motifs is 1. The highest BCUT2D eigenvalue weighted by Gasteiger charge is 2.26. The number of benzene rings is 1. The lowest BCUT2D eigenvalue weighted by molar-refractivity contribution is -0.125. The van der Waals surface area contributed by atoms with Gasteiger partial charge in [-0.25, -0.2) is 9.97 Å². The van der Waals surface area contributed by atoms with E-state index in [1.807, 2.05) is 36.4 Å². The van der Waals surface area contributed by atoms with Crippen molar-refractivity contribution >= 4 is 34.0 Å². The van der Waals surface area contributed by atoms with E-state index in [-0.39, 0.29) is 11.8 Å². The van der Waals surface area contributed by atoms with Crippen LogP contribution in [0, 0.1) is 5.92 Å². The zero-order chi connectivity index (χ0) is 21.8. The maximum Gasteiger partial charge on any atom is 0.223 e. The molecular weight excluding hydrogens is 418 g/mol. The molecule has 1 saturated heterocycles. The zero-order valence-corrected chi connectivity index (χ0v) is 18.6. The van der Waals surface area contributed by atoms with Gasteiger partial charge in [0.25, 0.3) is 0 Å². The molecule has 4 heterocycles. The monoisotopic (exact) mass is 443 g/mol. The van der Waals surface area contributed by atoms with Gasteiger partial charge >= 0.3 is 0 Å². The molecule has 5 rings (SSSR count). The van der Waals surface area contributed by atoms with Gasteiger partial charge in [0.2, 0.25) is 5.91 Å². The van der Waals surface area contributed by atoms with E-state index in [1.54, 1.807) is 23.7 Å².